The van der Waals surface area contributed by atoms with Gasteiger partial charge in [0.15, 0.2) is 0 Å². The van der Waals surface area contributed by atoms with E-state index in [2.05, 4.69) is 6.58 Å². The lowest BCUT2D eigenvalue weighted by Gasteiger charge is -2.19. The van der Waals surface area contributed by atoms with Gasteiger partial charge in [0.25, 0.3) is 7.37 Å². The first-order valence-corrected chi connectivity index (χ1v) is 8.22. The Labute approximate surface area is 111 Å². The Morgan fingerprint density at radius 2 is 2.00 bits per heavy atom. The summed E-state index contributed by atoms with van der Waals surface area (Å²) in [4.78, 5) is 0.913. The summed E-state index contributed by atoms with van der Waals surface area (Å²) in [6.07, 6.45) is 0. The molecule has 2 nitrogen and oxygen atoms in total. The van der Waals surface area contributed by atoms with Crippen LogP contribution in [0.3, 0.4) is 0 Å². The Bertz CT molecular complexity index is 561. The van der Waals surface area contributed by atoms with Crippen molar-refractivity contribution in [2.24, 2.45) is 0 Å². The molecule has 18 heavy (non-hydrogen) atoms. The summed E-state index contributed by atoms with van der Waals surface area (Å²) in [5.41, 5.74) is 0. The molecule has 1 heterocycles. The molecule has 0 saturated heterocycles. The van der Waals surface area contributed by atoms with E-state index in [4.69, 9.17) is 4.52 Å². The summed E-state index contributed by atoms with van der Waals surface area (Å²) in [5.74, 6) is 0. The zero-order valence-electron chi connectivity index (χ0n) is 10.2. The highest BCUT2D eigenvalue weighted by atomic mass is 32.1. The van der Waals surface area contributed by atoms with Crippen molar-refractivity contribution >= 4 is 29.3 Å². The highest BCUT2D eigenvalue weighted by Gasteiger charge is 2.30. The molecule has 1 atom stereocenters. The number of thiophene rings is 1. The Hall–Kier alpha value is -1.15. The third-order valence-corrected chi connectivity index (χ3v) is 6.20. The molecule has 2 aromatic rings. The van der Waals surface area contributed by atoms with Crippen molar-refractivity contribution in [1.82, 2.24) is 0 Å². The van der Waals surface area contributed by atoms with E-state index in [1.807, 2.05) is 54.8 Å². The molecule has 1 aromatic carbocycles. The van der Waals surface area contributed by atoms with Gasteiger partial charge >= 0.3 is 0 Å². The summed E-state index contributed by atoms with van der Waals surface area (Å²) in [5, 5.41) is 3.22. The molecule has 0 aliphatic rings. The van der Waals surface area contributed by atoms with Crippen LogP contribution in [0, 0.1) is 0 Å². The third kappa shape index (κ3) is 2.49. The SMILES string of the molecule is C=C(c1cccs1)P(=O)(OCC)c1ccccc1. The number of benzene rings is 1. The van der Waals surface area contributed by atoms with Crippen LogP contribution in [-0.2, 0) is 9.09 Å². The van der Waals surface area contributed by atoms with Crippen LogP contribution in [0.4, 0.5) is 0 Å². The van der Waals surface area contributed by atoms with Crippen LogP contribution in [0.5, 0.6) is 0 Å². The third-order valence-electron chi connectivity index (χ3n) is 2.57. The molecule has 4 heteroatoms. The normalized spacial score (nSPS) is 14.1. The van der Waals surface area contributed by atoms with Gasteiger partial charge in [0.1, 0.15) is 0 Å². The molecule has 0 bridgehead atoms. The van der Waals surface area contributed by atoms with Crippen LogP contribution in [0.25, 0.3) is 5.31 Å². The highest BCUT2D eigenvalue weighted by molar-refractivity contribution is 7.77. The zero-order valence-corrected chi connectivity index (χ0v) is 11.9. The standard InChI is InChI=1S/C14H15O2PS/c1-3-16-17(15,13-8-5-4-6-9-13)12(2)14-10-7-11-18-14/h4-11H,2-3H2,1H3. The van der Waals surface area contributed by atoms with E-state index in [1.165, 1.54) is 11.3 Å². The fourth-order valence-corrected chi connectivity index (χ4v) is 4.73. The maximum absolute atomic E-state index is 13.1. The van der Waals surface area contributed by atoms with Crippen molar-refractivity contribution in [2.75, 3.05) is 6.61 Å². The highest BCUT2D eigenvalue weighted by Crippen LogP contribution is 2.58. The molecular formula is C14H15O2PS. The monoisotopic (exact) mass is 278 g/mol. The van der Waals surface area contributed by atoms with Crippen LogP contribution in [0.2, 0.25) is 0 Å². The Kier molecular flexibility index (Phi) is 4.18. The number of hydrogen-bond donors (Lipinski definition) is 0. The minimum Gasteiger partial charge on any atom is -0.322 e. The second kappa shape index (κ2) is 5.66. The van der Waals surface area contributed by atoms with Crippen molar-refractivity contribution in [1.29, 1.82) is 0 Å². The predicted octanol–water partition coefficient (Wildman–Crippen LogP) is 4.36. The summed E-state index contributed by atoms with van der Waals surface area (Å²) < 4.78 is 18.7. The number of rotatable bonds is 5. The largest absolute Gasteiger partial charge is 0.322 e. The molecule has 1 aromatic heterocycles. The molecule has 94 valence electrons. The van der Waals surface area contributed by atoms with Crippen molar-refractivity contribution in [2.45, 2.75) is 6.92 Å². The van der Waals surface area contributed by atoms with E-state index in [1.54, 1.807) is 0 Å². The van der Waals surface area contributed by atoms with E-state index in [0.29, 0.717) is 17.2 Å². The minimum atomic E-state index is -3.04. The Balaban J connectivity index is 2.45. The average Bonchev–Trinajstić information content (AvgIpc) is 2.93. The molecule has 0 aliphatic heterocycles. The van der Waals surface area contributed by atoms with Crippen LogP contribution in [0.15, 0.2) is 54.4 Å². The first-order valence-electron chi connectivity index (χ1n) is 5.72. The fraction of sp³-hybridized carbons (Fsp3) is 0.143. The smallest absolute Gasteiger partial charge is 0.262 e. The molecule has 1 unspecified atom stereocenters. The fourth-order valence-electron chi connectivity index (χ4n) is 1.70. The minimum absolute atomic E-state index is 0.399. The maximum Gasteiger partial charge on any atom is 0.262 e. The molecule has 0 amide bonds. The van der Waals surface area contributed by atoms with E-state index in [-0.39, 0.29) is 0 Å². The number of hydrogen-bond acceptors (Lipinski definition) is 3. The van der Waals surface area contributed by atoms with Crippen molar-refractivity contribution in [3.05, 3.63) is 59.3 Å². The van der Waals surface area contributed by atoms with Gasteiger partial charge < -0.3 is 4.52 Å². The van der Waals surface area contributed by atoms with E-state index in [0.717, 1.165) is 4.88 Å². The molecule has 2 rings (SSSR count). The van der Waals surface area contributed by atoms with Gasteiger partial charge in [0, 0.05) is 10.2 Å². The molecule has 0 radical (unpaired) electrons. The van der Waals surface area contributed by atoms with Gasteiger partial charge in [-0.05, 0) is 30.5 Å². The second-order valence-electron chi connectivity index (χ2n) is 3.73. The van der Waals surface area contributed by atoms with Gasteiger partial charge in [-0.25, -0.2) is 0 Å². The lowest BCUT2D eigenvalue weighted by Crippen LogP contribution is -2.07. The predicted molar refractivity (Wildman–Crippen MR) is 78.7 cm³/mol. The lowest BCUT2D eigenvalue weighted by molar-refractivity contribution is 0.348. The molecule has 0 N–H and O–H groups in total. The van der Waals surface area contributed by atoms with Crippen molar-refractivity contribution < 1.29 is 9.09 Å². The molecule has 0 saturated carbocycles. The van der Waals surface area contributed by atoms with Crippen LogP contribution in [0.1, 0.15) is 11.8 Å². The van der Waals surface area contributed by atoms with Gasteiger partial charge in [0.2, 0.25) is 0 Å². The summed E-state index contributed by atoms with van der Waals surface area (Å²) in [6, 6.07) is 13.1. The van der Waals surface area contributed by atoms with Gasteiger partial charge in [-0.2, -0.15) is 0 Å². The quantitative estimate of drug-likeness (QED) is 0.760. The van der Waals surface area contributed by atoms with Gasteiger partial charge in [-0.15, -0.1) is 11.3 Å². The van der Waals surface area contributed by atoms with Crippen molar-refractivity contribution in [3.8, 4) is 0 Å². The van der Waals surface area contributed by atoms with Gasteiger partial charge in [0.05, 0.1) is 11.9 Å². The maximum atomic E-state index is 13.1. The first kappa shape index (κ1) is 13.3. The summed E-state index contributed by atoms with van der Waals surface area (Å²) >= 11 is 1.53. The molecular weight excluding hydrogens is 263 g/mol. The van der Waals surface area contributed by atoms with E-state index >= 15 is 0 Å². The van der Waals surface area contributed by atoms with Crippen molar-refractivity contribution in [3.63, 3.8) is 0 Å². The van der Waals surface area contributed by atoms with Crippen LogP contribution in [-0.4, -0.2) is 6.61 Å². The Morgan fingerprint density at radius 3 is 2.56 bits per heavy atom. The topological polar surface area (TPSA) is 26.3 Å². The second-order valence-corrected chi connectivity index (χ2v) is 7.09. The van der Waals surface area contributed by atoms with Crippen LogP contribution < -0.4 is 5.30 Å². The average molecular weight is 278 g/mol. The zero-order chi connectivity index (χ0) is 13.0. The van der Waals surface area contributed by atoms with E-state index in [9.17, 15) is 4.57 Å². The van der Waals surface area contributed by atoms with Gasteiger partial charge in [-0.3, -0.25) is 4.57 Å². The summed E-state index contributed by atoms with van der Waals surface area (Å²) in [6.45, 7) is 6.23. The Morgan fingerprint density at radius 1 is 1.28 bits per heavy atom. The van der Waals surface area contributed by atoms with E-state index < -0.39 is 7.37 Å². The molecule has 0 fully saturated rings. The van der Waals surface area contributed by atoms with Crippen LogP contribution >= 0.6 is 18.7 Å². The lowest BCUT2D eigenvalue weighted by atomic mass is 10.4. The first-order chi connectivity index (χ1) is 8.68. The van der Waals surface area contributed by atoms with Gasteiger partial charge in [-0.1, -0.05) is 30.8 Å². The molecule has 0 aliphatic carbocycles. The molecule has 0 spiro atoms. The summed E-state index contributed by atoms with van der Waals surface area (Å²) in [7, 11) is -3.04.